The molecular weight excluding hydrogens is 277 g/mol. The zero-order valence-corrected chi connectivity index (χ0v) is 10.7. The summed E-state index contributed by atoms with van der Waals surface area (Å²) in [6.45, 7) is 0. The molecule has 0 aromatic heterocycles. The van der Waals surface area contributed by atoms with Crippen molar-refractivity contribution in [2.75, 3.05) is 0 Å². The molecule has 0 atom stereocenters. The molecule has 0 saturated carbocycles. The predicted molar refractivity (Wildman–Crippen MR) is 74.6 cm³/mol. The van der Waals surface area contributed by atoms with E-state index in [1.165, 1.54) is 6.07 Å². The Morgan fingerprint density at radius 1 is 0.762 bits per heavy atom. The van der Waals surface area contributed by atoms with Gasteiger partial charge in [-0.1, -0.05) is 36.4 Å². The minimum atomic E-state index is -1.47. The van der Waals surface area contributed by atoms with Crippen LogP contribution in [0.15, 0.2) is 48.5 Å². The lowest BCUT2D eigenvalue weighted by atomic mass is 10.00. The highest BCUT2D eigenvalue weighted by atomic mass is 19.2. The first-order valence-electron chi connectivity index (χ1n) is 6.23. The molecule has 104 valence electrons. The molecule has 3 rings (SSSR count). The summed E-state index contributed by atoms with van der Waals surface area (Å²) >= 11 is 0. The van der Waals surface area contributed by atoms with Gasteiger partial charge in [0, 0.05) is 10.9 Å². The first-order chi connectivity index (χ1) is 10.1. The molecule has 3 aromatic carbocycles. The van der Waals surface area contributed by atoms with Crippen molar-refractivity contribution in [2.24, 2.45) is 0 Å². The largest absolute Gasteiger partial charge is 0.298 e. The highest BCUT2D eigenvalue weighted by Crippen LogP contribution is 2.28. The molecule has 0 aliphatic rings. The fourth-order valence-corrected chi connectivity index (χ4v) is 2.24. The first-order valence-corrected chi connectivity index (χ1v) is 6.23. The molecule has 0 radical (unpaired) electrons. The van der Waals surface area contributed by atoms with Gasteiger partial charge in [-0.2, -0.15) is 0 Å². The van der Waals surface area contributed by atoms with E-state index >= 15 is 0 Å². The van der Waals surface area contributed by atoms with Crippen molar-refractivity contribution in [3.05, 3.63) is 71.5 Å². The van der Waals surface area contributed by atoms with Crippen molar-refractivity contribution in [3.8, 4) is 11.1 Å². The van der Waals surface area contributed by atoms with E-state index in [0.717, 1.165) is 23.5 Å². The van der Waals surface area contributed by atoms with Crippen LogP contribution in [-0.4, -0.2) is 6.29 Å². The summed E-state index contributed by atoms with van der Waals surface area (Å²) in [6, 6.07) is 12.4. The van der Waals surface area contributed by atoms with Gasteiger partial charge < -0.3 is 0 Å². The summed E-state index contributed by atoms with van der Waals surface area (Å²) in [4.78, 5) is 10.6. The standard InChI is InChI=1S/C17H9F3O/c18-15-8-13-7-12(5-6-14(13)16(19)17(15)20)11-3-1-10(9-21)2-4-11/h1-9H. The molecule has 4 heteroatoms. The Hall–Kier alpha value is -2.62. The summed E-state index contributed by atoms with van der Waals surface area (Å²) in [5, 5.41) is 0.311. The van der Waals surface area contributed by atoms with E-state index in [4.69, 9.17) is 0 Å². The second-order valence-electron chi connectivity index (χ2n) is 4.66. The number of hydrogen-bond acceptors (Lipinski definition) is 1. The Balaban J connectivity index is 2.16. The van der Waals surface area contributed by atoms with Gasteiger partial charge in [0.15, 0.2) is 17.5 Å². The van der Waals surface area contributed by atoms with Gasteiger partial charge in [-0.25, -0.2) is 13.2 Å². The summed E-state index contributed by atoms with van der Waals surface area (Å²) < 4.78 is 40.1. The maximum absolute atomic E-state index is 13.6. The first kappa shape index (κ1) is 13.4. The number of halogens is 3. The van der Waals surface area contributed by atoms with E-state index in [0.29, 0.717) is 5.56 Å². The molecule has 0 aliphatic carbocycles. The van der Waals surface area contributed by atoms with Crippen LogP contribution < -0.4 is 0 Å². The van der Waals surface area contributed by atoms with E-state index in [1.54, 1.807) is 36.4 Å². The van der Waals surface area contributed by atoms with Crippen LogP contribution in [0, 0.1) is 17.5 Å². The Bertz CT molecular complexity index is 839. The Kier molecular flexibility index (Phi) is 3.22. The van der Waals surface area contributed by atoms with Crippen LogP contribution in [0.5, 0.6) is 0 Å². The van der Waals surface area contributed by atoms with Crippen molar-refractivity contribution in [1.29, 1.82) is 0 Å². The Labute approximate surface area is 118 Å². The number of hydrogen-bond donors (Lipinski definition) is 0. The highest BCUT2D eigenvalue weighted by Gasteiger charge is 2.13. The molecule has 0 N–H and O–H groups in total. The van der Waals surface area contributed by atoms with Gasteiger partial charge in [-0.3, -0.25) is 4.79 Å². The molecule has 0 unspecified atom stereocenters. The van der Waals surface area contributed by atoms with Crippen LogP contribution in [0.4, 0.5) is 13.2 Å². The van der Waals surface area contributed by atoms with Crippen molar-refractivity contribution in [2.45, 2.75) is 0 Å². The maximum Gasteiger partial charge on any atom is 0.195 e. The fourth-order valence-electron chi connectivity index (χ4n) is 2.24. The van der Waals surface area contributed by atoms with Gasteiger partial charge in [0.25, 0.3) is 0 Å². The minimum absolute atomic E-state index is 0.0298. The van der Waals surface area contributed by atoms with E-state index in [9.17, 15) is 18.0 Å². The average Bonchev–Trinajstić information content (AvgIpc) is 2.52. The smallest absolute Gasteiger partial charge is 0.195 e. The van der Waals surface area contributed by atoms with Crippen molar-refractivity contribution >= 4 is 17.1 Å². The number of benzene rings is 3. The molecular formula is C17H9F3O. The van der Waals surface area contributed by atoms with Crippen LogP contribution in [0.3, 0.4) is 0 Å². The predicted octanol–water partition coefficient (Wildman–Crippen LogP) is 4.74. The lowest BCUT2D eigenvalue weighted by molar-refractivity contribution is 0.112. The normalized spacial score (nSPS) is 10.8. The number of rotatable bonds is 2. The number of aldehydes is 1. The molecule has 0 spiro atoms. The average molecular weight is 286 g/mol. The van der Waals surface area contributed by atoms with Gasteiger partial charge in [-0.15, -0.1) is 0 Å². The lowest BCUT2D eigenvalue weighted by Gasteiger charge is -2.06. The van der Waals surface area contributed by atoms with Crippen LogP contribution in [0.25, 0.3) is 21.9 Å². The molecule has 0 bridgehead atoms. The van der Waals surface area contributed by atoms with E-state index < -0.39 is 17.5 Å². The van der Waals surface area contributed by atoms with Crippen LogP contribution in [0.2, 0.25) is 0 Å². The summed E-state index contributed by atoms with van der Waals surface area (Å²) in [6.07, 6.45) is 0.734. The van der Waals surface area contributed by atoms with Crippen LogP contribution in [-0.2, 0) is 0 Å². The molecule has 0 aliphatic heterocycles. The lowest BCUT2D eigenvalue weighted by Crippen LogP contribution is -1.92. The van der Waals surface area contributed by atoms with Crippen LogP contribution >= 0.6 is 0 Å². The van der Waals surface area contributed by atoms with Gasteiger partial charge in [-0.05, 0) is 28.6 Å². The zero-order chi connectivity index (χ0) is 15.0. The molecule has 1 nitrogen and oxygen atoms in total. The SMILES string of the molecule is O=Cc1ccc(-c2ccc3c(F)c(F)c(F)cc3c2)cc1. The minimum Gasteiger partial charge on any atom is -0.298 e. The summed E-state index contributed by atoms with van der Waals surface area (Å²) in [5.74, 6) is -3.87. The van der Waals surface area contributed by atoms with Gasteiger partial charge >= 0.3 is 0 Å². The second kappa shape index (κ2) is 5.05. The Morgan fingerprint density at radius 3 is 2.10 bits per heavy atom. The Morgan fingerprint density at radius 2 is 1.43 bits per heavy atom. The monoisotopic (exact) mass is 286 g/mol. The van der Waals surface area contributed by atoms with Crippen LogP contribution in [0.1, 0.15) is 10.4 Å². The highest BCUT2D eigenvalue weighted by molar-refractivity contribution is 5.88. The molecule has 0 heterocycles. The van der Waals surface area contributed by atoms with Crippen molar-refractivity contribution in [1.82, 2.24) is 0 Å². The van der Waals surface area contributed by atoms with Crippen molar-refractivity contribution < 1.29 is 18.0 Å². The topological polar surface area (TPSA) is 17.1 Å². The molecule has 21 heavy (non-hydrogen) atoms. The number of carbonyl (C=O) groups excluding carboxylic acids is 1. The van der Waals surface area contributed by atoms with Gasteiger partial charge in [0.2, 0.25) is 0 Å². The molecule has 0 amide bonds. The molecule has 0 saturated heterocycles. The van der Waals surface area contributed by atoms with Gasteiger partial charge in [0.1, 0.15) is 6.29 Å². The summed E-state index contributed by atoms with van der Waals surface area (Å²) in [7, 11) is 0. The maximum atomic E-state index is 13.6. The zero-order valence-electron chi connectivity index (χ0n) is 10.7. The van der Waals surface area contributed by atoms with Crippen molar-refractivity contribution in [3.63, 3.8) is 0 Å². The van der Waals surface area contributed by atoms with E-state index in [1.807, 2.05) is 0 Å². The third kappa shape index (κ3) is 2.29. The fraction of sp³-hybridized carbons (Fsp3) is 0. The van der Waals surface area contributed by atoms with E-state index in [-0.39, 0.29) is 10.8 Å². The van der Waals surface area contributed by atoms with Gasteiger partial charge in [0.05, 0.1) is 0 Å². The molecule has 3 aromatic rings. The third-order valence-corrected chi connectivity index (χ3v) is 3.35. The second-order valence-corrected chi connectivity index (χ2v) is 4.66. The summed E-state index contributed by atoms with van der Waals surface area (Å²) in [5.41, 5.74) is 2.07. The quantitative estimate of drug-likeness (QED) is 0.491. The van der Waals surface area contributed by atoms with E-state index in [2.05, 4.69) is 0 Å². The number of carbonyl (C=O) groups is 1. The molecule has 0 fully saturated rings. The third-order valence-electron chi connectivity index (χ3n) is 3.35. The number of fused-ring (bicyclic) bond motifs is 1.